The summed E-state index contributed by atoms with van der Waals surface area (Å²) in [6.45, 7) is 0. The van der Waals surface area contributed by atoms with Gasteiger partial charge in [0.15, 0.2) is 0 Å². The summed E-state index contributed by atoms with van der Waals surface area (Å²) in [5, 5.41) is 4.79. The van der Waals surface area contributed by atoms with Crippen molar-refractivity contribution in [2.24, 2.45) is 0 Å². The molecular weight excluding hydrogens is 322 g/mol. The van der Waals surface area contributed by atoms with Gasteiger partial charge < -0.3 is 10.2 Å². The van der Waals surface area contributed by atoms with Gasteiger partial charge in [-0.05, 0) is 36.6 Å². The number of rotatable bonds is 5. The molecule has 130 valence electrons. The van der Waals surface area contributed by atoms with Crippen LogP contribution in [0.3, 0.4) is 0 Å². The first-order valence-corrected chi connectivity index (χ1v) is 8.16. The molecule has 1 aromatic rings. The minimum absolute atomic E-state index is 0.0226. The van der Waals surface area contributed by atoms with Gasteiger partial charge in [-0.1, -0.05) is 12.1 Å². The number of imide groups is 1. The fraction of sp³-hybridized carbons (Fsp3) is 0.333. The van der Waals surface area contributed by atoms with Crippen LogP contribution in [-0.2, 0) is 14.4 Å². The summed E-state index contributed by atoms with van der Waals surface area (Å²) in [7, 11) is 1.56. The van der Waals surface area contributed by atoms with E-state index in [0.717, 1.165) is 18.4 Å². The van der Waals surface area contributed by atoms with Crippen molar-refractivity contribution in [2.75, 3.05) is 7.05 Å². The number of carbonyl (C=O) groups is 4. The lowest BCUT2D eigenvalue weighted by Crippen LogP contribution is -2.45. The Morgan fingerprint density at radius 1 is 1.20 bits per heavy atom. The zero-order valence-electron chi connectivity index (χ0n) is 13.8. The van der Waals surface area contributed by atoms with E-state index in [1.165, 1.54) is 11.0 Å². The van der Waals surface area contributed by atoms with Crippen LogP contribution in [0.25, 0.3) is 6.08 Å². The standard InChI is InChI=1S/C18H19N3O4/c1-19-17(24)12-5-2-11(3-6-12)4-9-16(23)21(13-7-8-13)14-10-15(22)20-18(14)25/h2-6,9,13-14H,7-8,10H2,1H3,(H,19,24)(H,20,22,25)/b9-4-/t14-/m0/s1. The van der Waals surface area contributed by atoms with Crippen molar-refractivity contribution in [3.63, 3.8) is 0 Å². The summed E-state index contributed by atoms with van der Waals surface area (Å²) in [5.74, 6) is -1.22. The van der Waals surface area contributed by atoms with Gasteiger partial charge >= 0.3 is 0 Å². The van der Waals surface area contributed by atoms with E-state index in [0.29, 0.717) is 5.56 Å². The Kier molecular flexibility index (Phi) is 4.65. The van der Waals surface area contributed by atoms with Crippen LogP contribution >= 0.6 is 0 Å². The highest BCUT2D eigenvalue weighted by Crippen LogP contribution is 2.31. The highest BCUT2D eigenvalue weighted by Gasteiger charge is 2.43. The normalized spacial score (nSPS) is 19.8. The second-order valence-electron chi connectivity index (χ2n) is 6.14. The Morgan fingerprint density at radius 3 is 2.40 bits per heavy atom. The summed E-state index contributed by atoms with van der Waals surface area (Å²) in [6.07, 6.45) is 4.76. The van der Waals surface area contributed by atoms with Gasteiger partial charge in [-0.3, -0.25) is 24.5 Å². The molecule has 1 heterocycles. The van der Waals surface area contributed by atoms with Crippen LogP contribution in [-0.4, -0.2) is 47.7 Å². The van der Waals surface area contributed by atoms with Crippen LogP contribution in [0.15, 0.2) is 30.3 Å². The zero-order chi connectivity index (χ0) is 18.0. The van der Waals surface area contributed by atoms with Gasteiger partial charge in [-0.25, -0.2) is 0 Å². The van der Waals surface area contributed by atoms with E-state index in [2.05, 4.69) is 10.6 Å². The molecule has 4 amide bonds. The van der Waals surface area contributed by atoms with E-state index < -0.39 is 11.9 Å². The van der Waals surface area contributed by atoms with Crippen LogP contribution < -0.4 is 10.6 Å². The minimum atomic E-state index is -0.715. The molecule has 7 nitrogen and oxygen atoms in total. The van der Waals surface area contributed by atoms with E-state index in [1.807, 2.05) is 0 Å². The zero-order valence-corrected chi connectivity index (χ0v) is 13.8. The van der Waals surface area contributed by atoms with Crippen LogP contribution in [0.4, 0.5) is 0 Å². The maximum Gasteiger partial charge on any atom is 0.251 e. The summed E-state index contributed by atoms with van der Waals surface area (Å²) in [5.41, 5.74) is 1.30. The fourth-order valence-corrected chi connectivity index (χ4v) is 2.85. The molecule has 2 fully saturated rings. The Hall–Kier alpha value is -2.96. The average Bonchev–Trinajstić information content (AvgIpc) is 3.38. The first-order chi connectivity index (χ1) is 12.0. The first kappa shape index (κ1) is 16.9. The average molecular weight is 341 g/mol. The van der Waals surface area contributed by atoms with Crippen LogP contribution in [0.2, 0.25) is 0 Å². The molecule has 0 bridgehead atoms. The van der Waals surface area contributed by atoms with Crippen molar-refractivity contribution in [3.05, 3.63) is 41.5 Å². The Labute approximate surface area is 145 Å². The number of benzene rings is 1. The predicted octanol–water partition coefficient (Wildman–Crippen LogP) is 0.465. The van der Waals surface area contributed by atoms with Gasteiger partial charge in [0.25, 0.3) is 5.91 Å². The van der Waals surface area contributed by atoms with Crippen molar-refractivity contribution < 1.29 is 19.2 Å². The quantitative estimate of drug-likeness (QED) is 0.601. The molecule has 0 radical (unpaired) electrons. The number of nitrogens with zero attached hydrogens (tertiary/aromatic N) is 1. The molecule has 1 aliphatic carbocycles. The van der Waals surface area contributed by atoms with Gasteiger partial charge in [-0.2, -0.15) is 0 Å². The maximum atomic E-state index is 12.5. The van der Waals surface area contributed by atoms with Crippen molar-refractivity contribution in [2.45, 2.75) is 31.3 Å². The maximum absolute atomic E-state index is 12.5. The highest BCUT2D eigenvalue weighted by molar-refractivity contribution is 6.08. The van der Waals surface area contributed by atoms with Crippen molar-refractivity contribution in [3.8, 4) is 0 Å². The van der Waals surface area contributed by atoms with Gasteiger partial charge in [0.1, 0.15) is 6.04 Å². The number of hydrogen-bond acceptors (Lipinski definition) is 4. The number of amides is 4. The largest absolute Gasteiger partial charge is 0.355 e. The van der Waals surface area contributed by atoms with Crippen molar-refractivity contribution in [1.82, 2.24) is 15.5 Å². The van der Waals surface area contributed by atoms with Gasteiger partial charge in [0.05, 0.1) is 6.42 Å². The molecule has 1 saturated carbocycles. The molecule has 2 N–H and O–H groups in total. The molecule has 25 heavy (non-hydrogen) atoms. The number of nitrogens with one attached hydrogen (secondary N) is 2. The molecule has 0 aromatic heterocycles. The smallest absolute Gasteiger partial charge is 0.251 e. The number of hydrogen-bond donors (Lipinski definition) is 2. The fourth-order valence-electron chi connectivity index (χ4n) is 2.85. The summed E-state index contributed by atoms with van der Waals surface area (Å²) >= 11 is 0. The lowest BCUT2D eigenvalue weighted by atomic mass is 10.1. The lowest BCUT2D eigenvalue weighted by Gasteiger charge is -2.25. The van der Waals surface area contributed by atoms with E-state index >= 15 is 0 Å². The Balaban J connectivity index is 1.71. The van der Waals surface area contributed by atoms with Gasteiger partial charge in [0, 0.05) is 24.7 Å². The topological polar surface area (TPSA) is 95.6 Å². The molecule has 0 spiro atoms. The highest BCUT2D eigenvalue weighted by atomic mass is 16.2. The third-order valence-corrected chi connectivity index (χ3v) is 4.29. The van der Waals surface area contributed by atoms with E-state index in [-0.39, 0.29) is 30.2 Å². The van der Waals surface area contributed by atoms with E-state index in [9.17, 15) is 19.2 Å². The molecule has 3 rings (SSSR count). The van der Waals surface area contributed by atoms with Gasteiger partial charge in [-0.15, -0.1) is 0 Å². The SMILES string of the molecule is CNC(=O)c1ccc(/C=C\C(=O)N(C2CC2)[C@H]2CC(=O)NC2=O)cc1. The minimum Gasteiger partial charge on any atom is -0.355 e. The van der Waals surface area contributed by atoms with Crippen molar-refractivity contribution in [1.29, 1.82) is 0 Å². The number of carbonyl (C=O) groups excluding carboxylic acids is 4. The molecule has 2 aliphatic rings. The molecule has 0 unspecified atom stereocenters. The van der Waals surface area contributed by atoms with Crippen molar-refractivity contribution >= 4 is 29.7 Å². The molecule has 1 aliphatic heterocycles. The lowest BCUT2D eigenvalue weighted by molar-refractivity contribution is -0.135. The molecule has 1 atom stereocenters. The molecular formula is C18H19N3O4. The monoisotopic (exact) mass is 341 g/mol. The summed E-state index contributed by atoms with van der Waals surface area (Å²) < 4.78 is 0. The third-order valence-electron chi connectivity index (χ3n) is 4.29. The third kappa shape index (κ3) is 3.76. The summed E-state index contributed by atoms with van der Waals surface area (Å²) in [4.78, 5) is 48.8. The predicted molar refractivity (Wildman–Crippen MR) is 90.3 cm³/mol. The molecule has 1 aromatic carbocycles. The van der Waals surface area contributed by atoms with Crippen LogP contribution in [0, 0.1) is 0 Å². The Morgan fingerprint density at radius 2 is 1.88 bits per heavy atom. The van der Waals surface area contributed by atoms with Crippen LogP contribution in [0.1, 0.15) is 35.2 Å². The second kappa shape index (κ2) is 6.88. The van der Waals surface area contributed by atoms with Gasteiger partial charge in [0.2, 0.25) is 17.7 Å². The van der Waals surface area contributed by atoms with E-state index in [4.69, 9.17) is 0 Å². The van der Waals surface area contributed by atoms with E-state index in [1.54, 1.807) is 37.4 Å². The molecule has 7 heteroatoms. The summed E-state index contributed by atoms with van der Waals surface area (Å²) in [6, 6.07) is 6.13. The first-order valence-electron chi connectivity index (χ1n) is 8.16. The molecule has 1 saturated heterocycles. The van der Waals surface area contributed by atoms with Crippen LogP contribution in [0.5, 0.6) is 0 Å². The Bertz CT molecular complexity index is 750. The second-order valence-corrected chi connectivity index (χ2v) is 6.14.